The molecular formula is C26H25N7. The Morgan fingerprint density at radius 2 is 1.88 bits per heavy atom. The Balaban J connectivity index is 1.46. The number of hydrogen-bond acceptors (Lipinski definition) is 5. The van der Waals surface area contributed by atoms with E-state index in [0.717, 1.165) is 52.5 Å². The molecular weight excluding hydrogens is 410 g/mol. The average molecular weight is 436 g/mol. The van der Waals surface area contributed by atoms with Crippen molar-refractivity contribution in [3.05, 3.63) is 59.9 Å². The first-order valence-electron chi connectivity index (χ1n) is 11.7. The Hall–Kier alpha value is -3.58. The molecule has 0 saturated carbocycles. The molecule has 0 aliphatic carbocycles. The number of aromatic amines is 1. The summed E-state index contributed by atoms with van der Waals surface area (Å²) in [5, 5.41) is 1.19. The minimum atomic E-state index is 0.464. The van der Waals surface area contributed by atoms with Crippen LogP contribution in [-0.2, 0) is 13.5 Å². The van der Waals surface area contributed by atoms with Crippen molar-refractivity contribution in [1.82, 2.24) is 34.4 Å². The lowest BCUT2D eigenvalue weighted by Crippen LogP contribution is -2.30. The fraction of sp³-hybridized carbons (Fsp3) is 0.308. The second-order valence-electron chi connectivity index (χ2n) is 9.26. The van der Waals surface area contributed by atoms with Crippen molar-refractivity contribution in [2.45, 2.75) is 32.2 Å². The summed E-state index contributed by atoms with van der Waals surface area (Å²) < 4.78 is 2.13. The molecule has 6 heterocycles. The number of benzene rings is 1. The molecule has 164 valence electrons. The van der Waals surface area contributed by atoms with Gasteiger partial charge in [-0.1, -0.05) is 6.07 Å². The van der Waals surface area contributed by atoms with Crippen molar-refractivity contribution in [3.63, 3.8) is 0 Å². The number of hydrogen-bond donors (Lipinski definition) is 1. The molecule has 2 aliphatic rings. The third-order valence-electron chi connectivity index (χ3n) is 7.30. The zero-order valence-electron chi connectivity index (χ0n) is 18.8. The molecule has 1 N–H and O–H groups in total. The molecule has 0 bridgehead atoms. The lowest BCUT2D eigenvalue weighted by molar-refractivity contribution is 0.244. The average Bonchev–Trinajstić information content (AvgIpc) is 3.55. The van der Waals surface area contributed by atoms with Gasteiger partial charge in [0, 0.05) is 72.4 Å². The minimum Gasteiger partial charge on any atom is -0.355 e. The van der Waals surface area contributed by atoms with Crippen LogP contribution in [0, 0.1) is 6.92 Å². The highest BCUT2D eigenvalue weighted by Gasteiger charge is 2.35. The van der Waals surface area contributed by atoms with Crippen molar-refractivity contribution >= 4 is 21.9 Å². The zero-order valence-corrected chi connectivity index (χ0v) is 18.8. The highest BCUT2D eigenvalue weighted by Crippen LogP contribution is 2.43. The molecule has 1 atom stereocenters. The Morgan fingerprint density at radius 1 is 1.00 bits per heavy atom. The number of aromatic nitrogens is 6. The molecule has 7 rings (SSSR count). The van der Waals surface area contributed by atoms with E-state index in [-0.39, 0.29) is 0 Å². The number of nitrogens with one attached hydrogen (secondary N) is 1. The first kappa shape index (κ1) is 18.9. The van der Waals surface area contributed by atoms with Gasteiger partial charge in [0.2, 0.25) is 0 Å². The van der Waals surface area contributed by atoms with Gasteiger partial charge in [-0.15, -0.1) is 0 Å². The molecule has 0 amide bonds. The van der Waals surface area contributed by atoms with Crippen molar-refractivity contribution in [3.8, 4) is 22.6 Å². The van der Waals surface area contributed by atoms with Crippen LogP contribution < -0.4 is 0 Å². The van der Waals surface area contributed by atoms with Crippen LogP contribution in [-0.4, -0.2) is 47.5 Å². The maximum atomic E-state index is 4.92. The predicted octanol–water partition coefficient (Wildman–Crippen LogP) is 4.58. The van der Waals surface area contributed by atoms with Crippen LogP contribution >= 0.6 is 0 Å². The van der Waals surface area contributed by atoms with E-state index in [2.05, 4.69) is 52.0 Å². The molecule has 1 aromatic carbocycles. The van der Waals surface area contributed by atoms with Gasteiger partial charge in [0.05, 0.1) is 16.7 Å². The summed E-state index contributed by atoms with van der Waals surface area (Å²) in [6.45, 7) is 4.27. The molecule has 0 radical (unpaired) electrons. The molecule has 1 fully saturated rings. The zero-order chi connectivity index (χ0) is 22.1. The summed E-state index contributed by atoms with van der Waals surface area (Å²) in [5.41, 5.74) is 9.45. The largest absolute Gasteiger partial charge is 0.355 e. The van der Waals surface area contributed by atoms with Crippen LogP contribution in [0.15, 0.2) is 42.9 Å². The molecule has 33 heavy (non-hydrogen) atoms. The van der Waals surface area contributed by atoms with E-state index < -0.39 is 0 Å². The van der Waals surface area contributed by atoms with Crippen LogP contribution in [0.1, 0.15) is 36.0 Å². The van der Waals surface area contributed by atoms with E-state index in [1.165, 1.54) is 41.5 Å². The Kier molecular flexibility index (Phi) is 3.99. The molecule has 5 aromatic rings. The predicted molar refractivity (Wildman–Crippen MR) is 129 cm³/mol. The van der Waals surface area contributed by atoms with Gasteiger partial charge < -0.3 is 9.55 Å². The smallest absolute Gasteiger partial charge is 0.126 e. The molecule has 4 aromatic heterocycles. The van der Waals surface area contributed by atoms with E-state index in [0.29, 0.717) is 6.04 Å². The monoisotopic (exact) mass is 435 g/mol. The van der Waals surface area contributed by atoms with E-state index in [1.54, 1.807) is 12.4 Å². The van der Waals surface area contributed by atoms with Gasteiger partial charge >= 0.3 is 0 Å². The number of aryl methyl sites for hydroxylation is 2. The fourth-order valence-corrected chi connectivity index (χ4v) is 5.80. The standard InChI is InChI=1S/C26H25N7/c1-15-29-23-21-18(8-13-33-11-3-4-20(21)33)31-25(23)26(30-15)24-22(27-9-10-28-24)17-5-6-19-16(14-17)7-12-32(19)2/h5-7,9-10,12,14,20,31H,3-4,8,11,13H2,1-2H3. The first-order valence-corrected chi connectivity index (χ1v) is 11.7. The third kappa shape index (κ3) is 2.78. The van der Waals surface area contributed by atoms with Gasteiger partial charge in [0.15, 0.2) is 0 Å². The van der Waals surface area contributed by atoms with Crippen molar-refractivity contribution < 1.29 is 0 Å². The van der Waals surface area contributed by atoms with E-state index >= 15 is 0 Å². The Labute approximate surface area is 191 Å². The number of fused-ring (bicyclic) bond motifs is 6. The van der Waals surface area contributed by atoms with Crippen molar-refractivity contribution in [1.29, 1.82) is 0 Å². The van der Waals surface area contributed by atoms with Crippen molar-refractivity contribution in [2.24, 2.45) is 7.05 Å². The van der Waals surface area contributed by atoms with Gasteiger partial charge in [0.1, 0.15) is 17.2 Å². The Morgan fingerprint density at radius 3 is 2.79 bits per heavy atom. The molecule has 2 aliphatic heterocycles. The molecule has 1 saturated heterocycles. The minimum absolute atomic E-state index is 0.464. The van der Waals surface area contributed by atoms with Gasteiger partial charge in [-0.3, -0.25) is 14.9 Å². The molecule has 7 heteroatoms. The van der Waals surface area contributed by atoms with E-state index in [1.807, 2.05) is 6.92 Å². The van der Waals surface area contributed by atoms with E-state index in [9.17, 15) is 0 Å². The number of nitrogens with zero attached hydrogens (tertiary/aromatic N) is 6. The summed E-state index contributed by atoms with van der Waals surface area (Å²) in [4.78, 5) is 25.7. The SMILES string of the molecule is Cc1nc(-c2nccnc2-c2ccc3c(ccn3C)c2)c2[nH]c3c(c2n1)C1CCCN1CC3. The van der Waals surface area contributed by atoms with Crippen LogP contribution in [0.5, 0.6) is 0 Å². The van der Waals surface area contributed by atoms with E-state index in [4.69, 9.17) is 19.9 Å². The molecule has 7 nitrogen and oxygen atoms in total. The first-order chi connectivity index (χ1) is 16.2. The summed E-state index contributed by atoms with van der Waals surface area (Å²) in [7, 11) is 2.06. The second kappa shape index (κ2) is 6.96. The van der Waals surface area contributed by atoms with Gasteiger partial charge in [-0.05, 0) is 44.5 Å². The van der Waals surface area contributed by atoms with Crippen molar-refractivity contribution in [2.75, 3.05) is 13.1 Å². The Bertz CT molecular complexity index is 1540. The lowest BCUT2D eigenvalue weighted by atomic mass is 9.98. The van der Waals surface area contributed by atoms with Gasteiger partial charge in [-0.25, -0.2) is 9.97 Å². The summed E-state index contributed by atoms with van der Waals surface area (Å²) in [6.07, 6.45) is 9.08. The number of rotatable bonds is 2. The number of H-pyrrole nitrogens is 1. The third-order valence-corrected chi connectivity index (χ3v) is 7.30. The second-order valence-corrected chi connectivity index (χ2v) is 9.26. The lowest BCUT2D eigenvalue weighted by Gasteiger charge is -2.29. The van der Waals surface area contributed by atoms with Crippen LogP contribution in [0.3, 0.4) is 0 Å². The summed E-state index contributed by atoms with van der Waals surface area (Å²) in [5.74, 6) is 0.768. The fourth-order valence-electron chi connectivity index (χ4n) is 5.80. The van der Waals surface area contributed by atoms with Crippen LogP contribution in [0.2, 0.25) is 0 Å². The highest BCUT2D eigenvalue weighted by atomic mass is 15.2. The van der Waals surface area contributed by atoms with Crippen LogP contribution in [0.25, 0.3) is 44.6 Å². The molecule has 0 spiro atoms. The highest BCUT2D eigenvalue weighted by molar-refractivity contribution is 5.96. The van der Waals surface area contributed by atoms with Gasteiger partial charge in [0.25, 0.3) is 0 Å². The van der Waals surface area contributed by atoms with Crippen LogP contribution in [0.4, 0.5) is 0 Å². The van der Waals surface area contributed by atoms with Gasteiger partial charge in [-0.2, -0.15) is 0 Å². The molecule has 1 unspecified atom stereocenters. The maximum Gasteiger partial charge on any atom is 0.126 e. The summed E-state index contributed by atoms with van der Waals surface area (Å²) in [6, 6.07) is 9.05. The quantitative estimate of drug-likeness (QED) is 0.439. The maximum absolute atomic E-state index is 4.92. The summed E-state index contributed by atoms with van der Waals surface area (Å²) >= 11 is 0. The topological polar surface area (TPSA) is 75.5 Å². The normalized spacial score (nSPS) is 18.2.